The van der Waals surface area contributed by atoms with Gasteiger partial charge in [0, 0.05) is 81.2 Å². The van der Waals surface area contributed by atoms with E-state index in [4.69, 9.17) is 56.8 Å². The highest BCUT2D eigenvalue weighted by Crippen LogP contribution is 2.24. The zero-order valence-electron chi connectivity index (χ0n) is 93.4. The number of ketones is 6. The molecule has 0 aliphatic heterocycles. The lowest BCUT2D eigenvalue weighted by molar-refractivity contribution is -0.135. The van der Waals surface area contributed by atoms with E-state index in [1.165, 1.54) is 276 Å². The van der Waals surface area contributed by atoms with Gasteiger partial charge in [-0.05, 0) is 155 Å². The summed E-state index contributed by atoms with van der Waals surface area (Å²) in [6.45, 7) is 14.0. The second kappa shape index (κ2) is 113. The lowest BCUT2D eigenvalue weighted by atomic mass is 10.0. The molecule has 0 fully saturated rings. The molecule has 0 rings (SSSR count). The van der Waals surface area contributed by atoms with E-state index in [1.54, 1.807) is 7.11 Å². The van der Waals surface area contributed by atoms with E-state index in [1.807, 2.05) is 35.5 Å². The Bertz CT molecular complexity index is 2610. The summed E-state index contributed by atoms with van der Waals surface area (Å²) in [5.74, 6) is 0.483. The topological polar surface area (TPSA) is 213 Å². The van der Waals surface area contributed by atoms with Crippen LogP contribution in [0.4, 0.5) is 0 Å². The molecule has 0 aliphatic carbocycles. The summed E-state index contributed by atoms with van der Waals surface area (Å²) in [5.41, 5.74) is 0. The van der Waals surface area contributed by atoms with Crippen LogP contribution in [0, 0.1) is 0 Å². The standard InChI is InChI=1S/C63H122O9.C58H106O9/c1-7-10-13-37-46-60(67-4)49-40-31-25-19-16-22-28-34-43-57(64)52-70-55-63(72-54-59(66)45-36-30-24-18-21-27-33-42-51-62(69-6)48-39-15-12-9-3)56-71-53-58(65)44-35-29-23-17-20-26-32-41-50-61(68-5)47-38-14-11-8-2;1-7-9-11-35-43-56(63-5)45-37-29-23-17-15-21-27-33-41-54(60)48-66-51-58(50-65-47-53(59)40-32-26-20-14-13-19-25-31-39-52(3)62-4)67-49-55(61)42-34-28-22-16-18-24-30-38-46-57(64-6)44-36-12-10-8-2/h60-63H,7-56H2,1-6H3;25,29-31,37-38,52,56-58H,7-24,26-28,32-36,39-51H2,1-6H3/b;31-25-,37-29-,38-30-. The summed E-state index contributed by atoms with van der Waals surface area (Å²) in [7, 11) is 11.0. The number of unbranched alkanes of at least 4 members (excludes halogenated alkanes) is 51. The summed E-state index contributed by atoms with van der Waals surface area (Å²) in [6, 6.07) is 0. The van der Waals surface area contributed by atoms with Gasteiger partial charge in [-0.15, -0.1) is 0 Å². The van der Waals surface area contributed by atoms with Gasteiger partial charge in [0.15, 0.2) is 34.7 Å². The first kappa shape index (κ1) is 138. The molecule has 0 amide bonds. The molecule has 0 bridgehead atoms. The molecule has 18 heteroatoms. The molecular formula is C121H228O18. The average molecular weight is 1970 g/mol. The zero-order valence-corrected chi connectivity index (χ0v) is 93.4. The SMILES string of the molecule is CCCCCCC(C/C=C\CCCCCCCC(=O)COCC(COCC(=O)CCCCCCC/C=C\CC(C)OC)OCC(=O)CCCCCCC/C=C\CC(CCCCCC)OC)OC.CCCCCCC(CCCCCCCCCCC(=O)COCC(COCC(=O)CCCCCCCCCCC(CCCCCC)OC)OCC(=O)CCCCCCCCCCC(CCCCCC)OC)OC. The average Bonchev–Trinajstić information content (AvgIpc) is 0.971. The third-order valence-electron chi connectivity index (χ3n) is 27.6. The van der Waals surface area contributed by atoms with Crippen molar-refractivity contribution in [2.45, 2.75) is 598 Å². The summed E-state index contributed by atoms with van der Waals surface area (Å²) in [6.07, 6.45) is 103. The highest BCUT2D eigenvalue weighted by Gasteiger charge is 2.20. The van der Waals surface area contributed by atoms with Crippen LogP contribution >= 0.6 is 0 Å². The quantitative estimate of drug-likeness (QED) is 0.0409. The van der Waals surface area contributed by atoms with Crippen molar-refractivity contribution in [1.29, 1.82) is 0 Å². The molecule has 0 spiro atoms. The fraction of sp³-hybridized carbons (Fsp3) is 0.901. The van der Waals surface area contributed by atoms with Crippen molar-refractivity contribution in [2.24, 2.45) is 0 Å². The minimum absolute atomic E-state index is 0.0000498. The third kappa shape index (κ3) is 105. The van der Waals surface area contributed by atoms with Gasteiger partial charge in [-0.1, -0.05) is 392 Å². The van der Waals surface area contributed by atoms with Crippen molar-refractivity contribution in [3.05, 3.63) is 36.5 Å². The van der Waals surface area contributed by atoms with E-state index in [2.05, 4.69) is 78.0 Å². The van der Waals surface area contributed by atoms with Gasteiger partial charge in [0.1, 0.15) is 51.8 Å². The first-order valence-corrected chi connectivity index (χ1v) is 58.9. The third-order valence-corrected chi connectivity index (χ3v) is 27.6. The van der Waals surface area contributed by atoms with Crippen molar-refractivity contribution >= 4 is 34.7 Å². The Balaban J connectivity index is 0. The van der Waals surface area contributed by atoms with Gasteiger partial charge >= 0.3 is 0 Å². The molecule has 0 aromatic rings. The smallest absolute Gasteiger partial charge is 0.158 e. The van der Waals surface area contributed by atoms with Crippen LogP contribution in [-0.2, 0) is 85.6 Å². The van der Waals surface area contributed by atoms with Crippen molar-refractivity contribution < 1.29 is 85.6 Å². The van der Waals surface area contributed by atoms with E-state index >= 15 is 0 Å². The number of carbonyl (C=O) groups excluding carboxylic acids is 6. The van der Waals surface area contributed by atoms with Crippen LogP contribution in [0.3, 0.4) is 0 Å². The Labute approximate surface area is 858 Å². The lowest BCUT2D eigenvalue weighted by Gasteiger charge is -2.18. The van der Waals surface area contributed by atoms with Crippen LogP contribution in [0.2, 0.25) is 0 Å². The first-order valence-electron chi connectivity index (χ1n) is 58.9. The molecule has 0 aromatic carbocycles. The Morgan fingerprint density at radius 3 is 0.576 bits per heavy atom. The predicted octanol–water partition coefficient (Wildman–Crippen LogP) is 32.9. The molecule has 0 aromatic heterocycles. The van der Waals surface area contributed by atoms with Crippen LogP contribution in [0.25, 0.3) is 0 Å². The summed E-state index contributed by atoms with van der Waals surface area (Å²) in [5, 5.41) is 0. The Morgan fingerprint density at radius 2 is 0.367 bits per heavy atom. The summed E-state index contributed by atoms with van der Waals surface area (Å²) < 4.78 is 69.0. The molecule has 0 N–H and O–H groups in total. The van der Waals surface area contributed by atoms with Crippen LogP contribution < -0.4 is 0 Å². The summed E-state index contributed by atoms with van der Waals surface area (Å²) >= 11 is 0. The van der Waals surface area contributed by atoms with Gasteiger partial charge in [0.2, 0.25) is 0 Å². The number of methoxy groups -OCH3 is 6. The number of allylic oxidation sites excluding steroid dienone is 3. The van der Waals surface area contributed by atoms with Gasteiger partial charge in [-0.2, -0.15) is 0 Å². The van der Waals surface area contributed by atoms with Gasteiger partial charge in [-0.3, -0.25) is 28.8 Å². The molecule has 0 saturated carbocycles. The summed E-state index contributed by atoms with van der Waals surface area (Å²) in [4.78, 5) is 76.3. The van der Waals surface area contributed by atoms with Gasteiger partial charge in [0.05, 0.1) is 63.1 Å². The Morgan fingerprint density at radius 1 is 0.187 bits per heavy atom. The maximum atomic E-state index is 12.8. The Hall–Kier alpha value is -3.24. The minimum Gasteiger partial charge on any atom is -0.381 e. The second-order valence-electron chi connectivity index (χ2n) is 40.9. The van der Waals surface area contributed by atoms with Gasteiger partial charge in [0.25, 0.3) is 0 Å². The highest BCUT2D eigenvalue weighted by molar-refractivity contribution is 5.81. The van der Waals surface area contributed by atoms with Gasteiger partial charge < -0.3 is 56.8 Å². The molecule has 18 nitrogen and oxygen atoms in total. The molecule has 820 valence electrons. The van der Waals surface area contributed by atoms with E-state index in [0.717, 1.165) is 193 Å². The lowest BCUT2D eigenvalue weighted by Crippen LogP contribution is -2.30. The van der Waals surface area contributed by atoms with E-state index in [9.17, 15) is 28.8 Å². The number of rotatable bonds is 116. The van der Waals surface area contributed by atoms with E-state index < -0.39 is 12.2 Å². The van der Waals surface area contributed by atoms with E-state index in [0.29, 0.717) is 69.0 Å². The van der Waals surface area contributed by atoms with E-state index in [-0.39, 0.29) is 107 Å². The fourth-order valence-electron chi connectivity index (χ4n) is 18.0. The first-order chi connectivity index (χ1) is 68.1. The highest BCUT2D eigenvalue weighted by atomic mass is 16.6. The van der Waals surface area contributed by atoms with Crippen LogP contribution in [0.1, 0.15) is 549 Å². The fourth-order valence-corrected chi connectivity index (χ4v) is 18.0. The maximum Gasteiger partial charge on any atom is 0.158 e. The number of hydrogen-bond donors (Lipinski definition) is 0. The largest absolute Gasteiger partial charge is 0.381 e. The molecule has 7 atom stereocenters. The molecule has 7 unspecified atom stereocenters. The Kier molecular flexibility index (Phi) is 113. The zero-order chi connectivity index (χ0) is 102. The van der Waals surface area contributed by atoms with Crippen LogP contribution in [-0.4, -0.2) is 192 Å². The van der Waals surface area contributed by atoms with Crippen molar-refractivity contribution in [1.82, 2.24) is 0 Å². The van der Waals surface area contributed by atoms with Crippen molar-refractivity contribution in [2.75, 3.05) is 109 Å². The molecule has 0 aliphatic rings. The monoisotopic (exact) mass is 1970 g/mol. The molecule has 139 heavy (non-hydrogen) atoms. The molecule has 0 heterocycles. The number of ether oxygens (including phenoxy) is 12. The van der Waals surface area contributed by atoms with Gasteiger partial charge in [-0.25, -0.2) is 0 Å². The van der Waals surface area contributed by atoms with Crippen LogP contribution in [0.15, 0.2) is 36.5 Å². The van der Waals surface area contributed by atoms with Crippen LogP contribution in [0.5, 0.6) is 0 Å². The predicted molar refractivity (Wildman–Crippen MR) is 584 cm³/mol. The number of Topliss-reactive ketones (excluding diaryl/α,β-unsaturated/α-hetero) is 6. The number of carbonyl (C=O) groups is 6. The van der Waals surface area contributed by atoms with Crippen molar-refractivity contribution in [3.8, 4) is 0 Å². The number of hydrogen-bond acceptors (Lipinski definition) is 18. The normalized spacial score (nSPS) is 13.6. The molecule has 0 radical (unpaired) electrons. The van der Waals surface area contributed by atoms with Crippen molar-refractivity contribution in [3.63, 3.8) is 0 Å². The molecule has 0 saturated heterocycles. The minimum atomic E-state index is -0.523. The second-order valence-corrected chi connectivity index (χ2v) is 40.9. The maximum absolute atomic E-state index is 12.8. The molecular weight excluding hydrogens is 1740 g/mol.